The maximum atomic E-state index is 13.4. The van der Waals surface area contributed by atoms with Crippen LogP contribution in [0.2, 0.25) is 0 Å². The summed E-state index contributed by atoms with van der Waals surface area (Å²) in [5.41, 5.74) is -2.08. The molecule has 0 radical (unpaired) electrons. The third-order valence-corrected chi connectivity index (χ3v) is 5.44. The molecule has 14 heteroatoms. The Hall–Kier alpha value is -4.10. The molecule has 0 unspecified atom stereocenters. The smallest absolute Gasteiger partial charge is 0.416 e. The van der Waals surface area contributed by atoms with Crippen LogP contribution in [0.15, 0.2) is 42.5 Å². The number of aromatic nitrogens is 5. The van der Waals surface area contributed by atoms with E-state index in [1.807, 2.05) is 0 Å². The highest BCUT2D eigenvalue weighted by Crippen LogP contribution is 2.37. The van der Waals surface area contributed by atoms with Crippen molar-refractivity contribution in [2.75, 3.05) is 11.5 Å². The van der Waals surface area contributed by atoms with Crippen LogP contribution in [-0.2, 0) is 37.2 Å². The molecule has 2 heterocycles. The molecular formula is C23H20F6N6O2. The highest BCUT2D eigenvalue weighted by Gasteiger charge is 2.37. The Labute approximate surface area is 205 Å². The van der Waals surface area contributed by atoms with Gasteiger partial charge in [-0.15, -0.1) is 5.10 Å². The normalized spacial score (nSPS) is 12.2. The summed E-state index contributed by atoms with van der Waals surface area (Å²) in [5, 5.41) is 12.3. The van der Waals surface area contributed by atoms with E-state index in [-0.39, 0.29) is 36.4 Å². The first-order valence-electron chi connectivity index (χ1n) is 10.9. The summed E-state index contributed by atoms with van der Waals surface area (Å²) in [5.74, 6) is -0.729. The molecule has 0 spiro atoms. The minimum Gasteiger partial charge on any atom is -0.461 e. The van der Waals surface area contributed by atoms with Gasteiger partial charge in [-0.05, 0) is 42.0 Å². The van der Waals surface area contributed by atoms with Crippen LogP contribution in [-0.4, -0.2) is 37.8 Å². The molecule has 2 aromatic heterocycles. The van der Waals surface area contributed by atoms with Gasteiger partial charge >= 0.3 is 18.3 Å². The standard InChI is InChI=1S/C23H20F6N6O2/c1-3-37-20(36)19-17(16-6-4-5-7-18(16)30-19)12-35(21-31-33-34(2)32-21)11-13-8-14(22(24,25)26)10-15(9-13)23(27,28)29/h4-10,30H,3,11-12H2,1-2H3. The van der Waals surface area contributed by atoms with Crippen molar-refractivity contribution in [1.82, 2.24) is 25.2 Å². The average Bonchev–Trinajstić information content (AvgIpc) is 3.41. The van der Waals surface area contributed by atoms with Crippen molar-refractivity contribution in [3.63, 3.8) is 0 Å². The topological polar surface area (TPSA) is 88.9 Å². The van der Waals surface area contributed by atoms with Gasteiger partial charge in [0.1, 0.15) is 5.69 Å². The number of para-hydroxylation sites is 1. The molecule has 4 rings (SSSR count). The van der Waals surface area contributed by atoms with Gasteiger partial charge in [-0.1, -0.05) is 23.3 Å². The number of benzene rings is 2. The molecule has 196 valence electrons. The molecule has 0 fully saturated rings. The Balaban J connectivity index is 1.81. The van der Waals surface area contributed by atoms with Crippen LogP contribution in [0.1, 0.15) is 39.7 Å². The van der Waals surface area contributed by atoms with E-state index < -0.39 is 36.0 Å². The van der Waals surface area contributed by atoms with E-state index in [1.54, 1.807) is 31.2 Å². The highest BCUT2D eigenvalue weighted by molar-refractivity contribution is 5.98. The summed E-state index contributed by atoms with van der Waals surface area (Å²) < 4.78 is 85.6. The van der Waals surface area contributed by atoms with Gasteiger partial charge in [0.15, 0.2) is 0 Å². The molecule has 0 saturated heterocycles. The van der Waals surface area contributed by atoms with Gasteiger partial charge in [-0.2, -0.15) is 31.1 Å². The van der Waals surface area contributed by atoms with Gasteiger partial charge in [0, 0.05) is 29.6 Å². The molecule has 37 heavy (non-hydrogen) atoms. The Morgan fingerprint density at radius 2 is 1.68 bits per heavy atom. The lowest BCUT2D eigenvalue weighted by Crippen LogP contribution is -2.25. The summed E-state index contributed by atoms with van der Waals surface area (Å²) in [7, 11) is 1.45. The van der Waals surface area contributed by atoms with Crippen LogP contribution in [0.5, 0.6) is 0 Å². The largest absolute Gasteiger partial charge is 0.461 e. The van der Waals surface area contributed by atoms with Gasteiger partial charge in [0.2, 0.25) is 0 Å². The van der Waals surface area contributed by atoms with Crippen molar-refractivity contribution in [1.29, 1.82) is 0 Å². The van der Waals surface area contributed by atoms with Crippen molar-refractivity contribution >= 4 is 22.8 Å². The molecular weight excluding hydrogens is 506 g/mol. The lowest BCUT2D eigenvalue weighted by molar-refractivity contribution is -0.143. The first-order chi connectivity index (χ1) is 17.4. The van der Waals surface area contributed by atoms with Crippen molar-refractivity contribution in [2.24, 2.45) is 7.05 Å². The number of fused-ring (bicyclic) bond motifs is 1. The third-order valence-electron chi connectivity index (χ3n) is 5.44. The predicted octanol–water partition coefficient (Wildman–Crippen LogP) is 5.11. The van der Waals surface area contributed by atoms with Gasteiger partial charge < -0.3 is 14.6 Å². The fourth-order valence-corrected chi connectivity index (χ4v) is 3.86. The summed E-state index contributed by atoms with van der Waals surface area (Å²) in [6.45, 7) is 1.12. The number of nitrogens with zero attached hydrogens (tertiary/aromatic N) is 5. The second-order valence-corrected chi connectivity index (χ2v) is 8.09. The second kappa shape index (κ2) is 9.75. The number of tetrazole rings is 1. The number of nitrogens with one attached hydrogen (secondary N) is 1. The Bertz CT molecular complexity index is 1390. The maximum Gasteiger partial charge on any atom is 0.416 e. The first-order valence-corrected chi connectivity index (χ1v) is 10.9. The first kappa shape index (κ1) is 26.0. The molecule has 0 atom stereocenters. The maximum absolute atomic E-state index is 13.4. The van der Waals surface area contributed by atoms with Crippen LogP contribution < -0.4 is 4.90 Å². The number of ether oxygens (including phenoxy) is 1. The summed E-state index contributed by atoms with van der Waals surface area (Å²) in [6, 6.07) is 8.24. The minimum atomic E-state index is -5.00. The van der Waals surface area contributed by atoms with E-state index >= 15 is 0 Å². The Kier molecular flexibility index (Phi) is 6.84. The van der Waals surface area contributed by atoms with Crippen LogP contribution in [0.25, 0.3) is 10.9 Å². The van der Waals surface area contributed by atoms with E-state index in [0.29, 0.717) is 28.6 Å². The second-order valence-electron chi connectivity index (χ2n) is 8.09. The summed E-state index contributed by atoms with van der Waals surface area (Å²) in [4.78, 5) is 18.1. The van der Waals surface area contributed by atoms with Gasteiger partial charge in [-0.3, -0.25) is 0 Å². The van der Waals surface area contributed by atoms with E-state index in [4.69, 9.17) is 4.74 Å². The van der Waals surface area contributed by atoms with Crippen molar-refractivity contribution in [3.8, 4) is 0 Å². The monoisotopic (exact) mass is 526 g/mol. The SMILES string of the molecule is CCOC(=O)c1[nH]c2ccccc2c1CN(Cc1cc(C(F)(F)F)cc(C(F)(F)F)c1)c1nnn(C)n1. The summed E-state index contributed by atoms with van der Waals surface area (Å²) in [6.07, 6.45) is -10.0. The molecule has 0 bridgehead atoms. The molecule has 0 aliphatic rings. The zero-order chi connectivity index (χ0) is 27.0. The number of aromatic amines is 1. The van der Waals surface area contributed by atoms with Gasteiger partial charge in [0.05, 0.1) is 24.8 Å². The average molecular weight is 526 g/mol. The lowest BCUT2D eigenvalue weighted by Gasteiger charge is -2.22. The number of hydrogen-bond donors (Lipinski definition) is 1. The fraction of sp³-hybridized carbons (Fsp3) is 0.304. The molecule has 0 aliphatic carbocycles. The number of rotatable bonds is 7. The van der Waals surface area contributed by atoms with E-state index in [0.717, 1.165) is 4.80 Å². The fourth-order valence-electron chi connectivity index (χ4n) is 3.86. The number of anilines is 1. The zero-order valence-corrected chi connectivity index (χ0v) is 19.5. The highest BCUT2D eigenvalue weighted by atomic mass is 19.4. The Morgan fingerprint density at radius 3 is 2.24 bits per heavy atom. The minimum absolute atomic E-state index is 0.0615. The lowest BCUT2D eigenvalue weighted by atomic mass is 10.0. The number of carbonyl (C=O) groups excluding carboxylic acids is 1. The van der Waals surface area contributed by atoms with Crippen LogP contribution >= 0.6 is 0 Å². The van der Waals surface area contributed by atoms with Gasteiger partial charge in [-0.25, -0.2) is 4.79 Å². The van der Waals surface area contributed by atoms with Crippen molar-refractivity contribution in [2.45, 2.75) is 32.4 Å². The quantitative estimate of drug-likeness (QED) is 0.266. The Morgan fingerprint density at radius 1 is 1.03 bits per heavy atom. The van der Waals surface area contributed by atoms with E-state index in [9.17, 15) is 31.1 Å². The molecule has 8 nitrogen and oxygen atoms in total. The van der Waals surface area contributed by atoms with Crippen molar-refractivity contribution < 1.29 is 35.9 Å². The molecule has 1 N–H and O–H groups in total. The van der Waals surface area contributed by atoms with Crippen molar-refractivity contribution in [3.05, 3.63) is 70.4 Å². The van der Waals surface area contributed by atoms with E-state index in [1.165, 1.54) is 11.9 Å². The molecule has 4 aromatic rings. The number of alkyl halides is 6. The number of esters is 1. The number of carbonyl (C=O) groups is 1. The van der Waals surface area contributed by atoms with Gasteiger partial charge in [0.25, 0.3) is 5.95 Å². The van der Waals surface area contributed by atoms with Crippen LogP contribution in [0, 0.1) is 0 Å². The zero-order valence-electron chi connectivity index (χ0n) is 19.5. The number of aryl methyl sites for hydroxylation is 1. The summed E-state index contributed by atoms with van der Waals surface area (Å²) >= 11 is 0. The molecule has 0 aliphatic heterocycles. The number of halogens is 6. The molecule has 0 amide bonds. The molecule has 0 saturated carbocycles. The third kappa shape index (κ3) is 5.67. The van der Waals surface area contributed by atoms with Crippen LogP contribution in [0.4, 0.5) is 32.3 Å². The number of hydrogen-bond acceptors (Lipinski definition) is 6. The van der Waals surface area contributed by atoms with Crippen LogP contribution in [0.3, 0.4) is 0 Å². The number of H-pyrrole nitrogens is 1. The molecule has 2 aromatic carbocycles. The van der Waals surface area contributed by atoms with E-state index in [2.05, 4.69) is 20.4 Å². The predicted molar refractivity (Wildman–Crippen MR) is 119 cm³/mol.